The Labute approximate surface area is 162 Å². The van der Waals surface area contributed by atoms with Crippen molar-refractivity contribution in [1.29, 1.82) is 0 Å². The molecule has 4 heteroatoms. The Morgan fingerprint density at radius 3 is 2.46 bits per heavy atom. The predicted octanol–water partition coefficient (Wildman–Crippen LogP) is 5.05. The number of hydrogen-bond donors (Lipinski definition) is 0. The van der Waals surface area contributed by atoms with Gasteiger partial charge in [-0.1, -0.05) is 54.6 Å². The molecule has 0 unspecified atom stereocenters. The fourth-order valence-corrected chi connectivity index (χ4v) is 3.55. The molecule has 2 aromatic carbocycles. The van der Waals surface area contributed by atoms with Crippen LogP contribution in [0.25, 0.3) is 28.1 Å². The molecule has 2 aromatic heterocycles. The third kappa shape index (κ3) is 2.76. The number of pyridine rings is 2. The van der Waals surface area contributed by atoms with Gasteiger partial charge >= 0.3 is 0 Å². The molecule has 3 heterocycles. The highest BCUT2D eigenvalue weighted by Crippen LogP contribution is 2.37. The van der Waals surface area contributed by atoms with E-state index < -0.39 is 0 Å². The average Bonchev–Trinajstić information content (AvgIpc) is 2.76. The van der Waals surface area contributed by atoms with E-state index in [1.54, 1.807) is 12.3 Å². The van der Waals surface area contributed by atoms with Crippen LogP contribution in [0.15, 0.2) is 84.8 Å². The topological polar surface area (TPSA) is 52.1 Å². The number of aromatic nitrogens is 2. The van der Waals surface area contributed by atoms with Crippen LogP contribution >= 0.6 is 0 Å². The van der Waals surface area contributed by atoms with E-state index >= 15 is 0 Å². The molecule has 4 nitrogen and oxygen atoms in total. The van der Waals surface area contributed by atoms with Crippen molar-refractivity contribution in [1.82, 2.24) is 9.97 Å². The standard InChI is InChI=1S/C24H16N2O2/c27-24-21(14-17-10-6-7-13-25-17)28-15-20-23(24)22(16-8-2-1-3-9-16)18-11-4-5-12-19(18)26-20/h1-14H,15H2/b21-14+. The molecule has 134 valence electrons. The molecule has 0 spiro atoms. The number of hydrogen-bond acceptors (Lipinski definition) is 4. The quantitative estimate of drug-likeness (QED) is 0.467. The van der Waals surface area contributed by atoms with Crippen molar-refractivity contribution in [3.8, 4) is 11.1 Å². The Bertz CT molecular complexity index is 1220. The minimum atomic E-state index is -0.163. The Morgan fingerprint density at radius 2 is 1.64 bits per heavy atom. The number of para-hydroxylation sites is 1. The van der Waals surface area contributed by atoms with Gasteiger partial charge in [-0.15, -0.1) is 0 Å². The van der Waals surface area contributed by atoms with Crippen molar-refractivity contribution in [2.75, 3.05) is 0 Å². The molecule has 0 saturated heterocycles. The molecular weight excluding hydrogens is 348 g/mol. The second-order valence-electron chi connectivity index (χ2n) is 6.57. The van der Waals surface area contributed by atoms with Crippen molar-refractivity contribution >= 4 is 22.8 Å². The summed E-state index contributed by atoms with van der Waals surface area (Å²) in [6.07, 6.45) is 3.38. The number of carbonyl (C=O) groups excluding carboxylic acids is 1. The predicted molar refractivity (Wildman–Crippen MR) is 109 cm³/mol. The lowest BCUT2D eigenvalue weighted by atomic mass is 9.90. The van der Waals surface area contributed by atoms with Gasteiger partial charge in [0.1, 0.15) is 6.61 Å². The first-order valence-electron chi connectivity index (χ1n) is 9.08. The van der Waals surface area contributed by atoms with Crippen LogP contribution in [0.5, 0.6) is 0 Å². The van der Waals surface area contributed by atoms with Crippen LogP contribution in [0.3, 0.4) is 0 Å². The Kier molecular flexibility index (Phi) is 3.95. The van der Waals surface area contributed by atoms with E-state index in [4.69, 9.17) is 9.72 Å². The van der Waals surface area contributed by atoms with Crippen molar-refractivity contribution in [3.05, 3.63) is 102 Å². The summed E-state index contributed by atoms with van der Waals surface area (Å²) >= 11 is 0. The fourth-order valence-electron chi connectivity index (χ4n) is 3.55. The van der Waals surface area contributed by atoms with E-state index in [1.165, 1.54) is 0 Å². The number of nitrogens with zero attached hydrogens (tertiary/aromatic N) is 2. The maximum atomic E-state index is 13.4. The summed E-state index contributed by atoms with van der Waals surface area (Å²) in [4.78, 5) is 22.4. The molecule has 1 aliphatic heterocycles. The summed E-state index contributed by atoms with van der Waals surface area (Å²) in [5.74, 6) is 0.129. The second-order valence-corrected chi connectivity index (χ2v) is 6.57. The van der Waals surface area contributed by atoms with E-state index in [-0.39, 0.29) is 12.4 Å². The fraction of sp³-hybridized carbons (Fsp3) is 0.0417. The number of ether oxygens (including phenoxy) is 1. The number of allylic oxidation sites excluding steroid dienone is 1. The Morgan fingerprint density at radius 1 is 0.857 bits per heavy atom. The highest BCUT2D eigenvalue weighted by molar-refractivity contribution is 6.18. The van der Waals surface area contributed by atoms with Crippen molar-refractivity contribution < 1.29 is 9.53 Å². The molecule has 5 rings (SSSR count). The average molecular weight is 364 g/mol. The SMILES string of the molecule is O=C1/C(=C\c2ccccn2)OCc2nc3ccccc3c(-c3ccccc3)c21. The van der Waals surface area contributed by atoms with Gasteiger partial charge in [0.25, 0.3) is 0 Å². The van der Waals surface area contributed by atoms with E-state index in [0.717, 1.165) is 22.0 Å². The van der Waals surface area contributed by atoms with Crippen LogP contribution < -0.4 is 0 Å². The molecule has 0 radical (unpaired) electrons. The Balaban J connectivity index is 1.76. The highest BCUT2D eigenvalue weighted by atomic mass is 16.5. The second kappa shape index (κ2) is 6.74. The first-order chi connectivity index (χ1) is 13.8. The maximum absolute atomic E-state index is 13.4. The molecule has 0 bridgehead atoms. The van der Waals surface area contributed by atoms with Gasteiger partial charge in [-0.05, 0) is 23.8 Å². The lowest BCUT2D eigenvalue weighted by Gasteiger charge is -2.22. The molecule has 0 saturated carbocycles. The molecule has 28 heavy (non-hydrogen) atoms. The summed E-state index contributed by atoms with van der Waals surface area (Å²) in [5.41, 5.74) is 4.71. The van der Waals surface area contributed by atoms with Crippen LogP contribution in [-0.2, 0) is 11.3 Å². The molecule has 0 aliphatic carbocycles. The van der Waals surface area contributed by atoms with Gasteiger partial charge < -0.3 is 4.74 Å². The summed E-state index contributed by atoms with van der Waals surface area (Å²) in [6.45, 7) is 0.254. The van der Waals surface area contributed by atoms with Gasteiger partial charge in [0.2, 0.25) is 5.78 Å². The lowest BCUT2D eigenvalue weighted by molar-refractivity contribution is 0.0866. The van der Waals surface area contributed by atoms with Crippen LogP contribution in [-0.4, -0.2) is 15.8 Å². The molecular formula is C24H16N2O2. The zero-order valence-electron chi connectivity index (χ0n) is 15.0. The molecule has 0 amide bonds. The summed E-state index contributed by atoms with van der Waals surface area (Å²) in [6, 6.07) is 23.4. The number of fused-ring (bicyclic) bond motifs is 2. The largest absolute Gasteiger partial charge is 0.483 e. The summed E-state index contributed by atoms with van der Waals surface area (Å²) in [7, 11) is 0. The monoisotopic (exact) mass is 364 g/mol. The molecule has 0 N–H and O–H groups in total. The van der Waals surface area contributed by atoms with E-state index in [0.29, 0.717) is 22.7 Å². The summed E-state index contributed by atoms with van der Waals surface area (Å²) in [5, 5.41) is 0.958. The van der Waals surface area contributed by atoms with Crippen molar-refractivity contribution in [2.24, 2.45) is 0 Å². The van der Waals surface area contributed by atoms with E-state index in [1.807, 2.05) is 72.8 Å². The van der Waals surface area contributed by atoms with Gasteiger partial charge in [-0.3, -0.25) is 9.78 Å². The zero-order valence-corrected chi connectivity index (χ0v) is 15.0. The lowest BCUT2D eigenvalue weighted by Crippen LogP contribution is -2.19. The number of benzene rings is 2. The van der Waals surface area contributed by atoms with Gasteiger partial charge in [-0.2, -0.15) is 0 Å². The van der Waals surface area contributed by atoms with Crippen LogP contribution in [0, 0.1) is 0 Å². The molecule has 1 aliphatic rings. The third-order valence-corrected chi connectivity index (χ3v) is 4.81. The maximum Gasteiger partial charge on any atom is 0.230 e. The summed E-state index contributed by atoms with van der Waals surface area (Å²) < 4.78 is 5.77. The molecule has 4 aromatic rings. The van der Waals surface area contributed by atoms with Crippen LogP contribution in [0.4, 0.5) is 0 Å². The number of Topliss-reactive ketones (excluding diaryl/α,β-unsaturated/α-hetero) is 1. The zero-order chi connectivity index (χ0) is 18.9. The molecule has 0 fully saturated rings. The number of rotatable bonds is 2. The van der Waals surface area contributed by atoms with Gasteiger partial charge in [-0.25, -0.2) is 4.98 Å². The number of carbonyl (C=O) groups is 1. The van der Waals surface area contributed by atoms with Gasteiger partial charge in [0, 0.05) is 23.2 Å². The first kappa shape index (κ1) is 16.4. The molecule has 0 atom stereocenters. The van der Waals surface area contributed by atoms with Crippen molar-refractivity contribution in [3.63, 3.8) is 0 Å². The van der Waals surface area contributed by atoms with Crippen LogP contribution in [0.1, 0.15) is 21.7 Å². The number of ketones is 1. The smallest absolute Gasteiger partial charge is 0.230 e. The minimum Gasteiger partial charge on any atom is -0.483 e. The van der Waals surface area contributed by atoms with E-state index in [2.05, 4.69) is 4.98 Å². The van der Waals surface area contributed by atoms with Crippen LogP contribution in [0.2, 0.25) is 0 Å². The van der Waals surface area contributed by atoms with Gasteiger partial charge in [0.15, 0.2) is 5.76 Å². The first-order valence-corrected chi connectivity index (χ1v) is 9.08. The van der Waals surface area contributed by atoms with Gasteiger partial charge in [0.05, 0.1) is 22.5 Å². The van der Waals surface area contributed by atoms with E-state index in [9.17, 15) is 4.79 Å². The van der Waals surface area contributed by atoms with Crippen molar-refractivity contribution in [2.45, 2.75) is 6.61 Å². The third-order valence-electron chi connectivity index (χ3n) is 4.81. The normalized spacial score (nSPS) is 14.7. The highest BCUT2D eigenvalue weighted by Gasteiger charge is 2.29. The Hall–Kier alpha value is -3.79. The minimum absolute atomic E-state index is 0.163.